The lowest BCUT2D eigenvalue weighted by atomic mass is 9.89. The molecule has 0 amide bonds. The van der Waals surface area contributed by atoms with E-state index in [2.05, 4.69) is 29.0 Å². The zero-order chi connectivity index (χ0) is 12.1. The molecule has 1 heterocycles. The molecule has 1 atom stereocenters. The van der Waals surface area contributed by atoms with Gasteiger partial charge in [-0.1, -0.05) is 25.7 Å². The summed E-state index contributed by atoms with van der Waals surface area (Å²) in [5, 5.41) is 3.51. The van der Waals surface area contributed by atoms with Crippen LogP contribution in [0.4, 0.5) is 0 Å². The van der Waals surface area contributed by atoms with Crippen molar-refractivity contribution in [2.45, 2.75) is 51.0 Å². The molecule has 1 aromatic heterocycles. The van der Waals surface area contributed by atoms with Crippen LogP contribution in [0.2, 0.25) is 0 Å². The average Bonchev–Trinajstić information content (AvgIpc) is 2.58. The maximum atomic E-state index is 4.44. The largest absolute Gasteiger partial charge is 0.338 e. The number of rotatable bonds is 4. The first-order valence-electron chi connectivity index (χ1n) is 6.94. The van der Waals surface area contributed by atoms with Gasteiger partial charge < -0.3 is 9.88 Å². The summed E-state index contributed by atoms with van der Waals surface area (Å²) in [5.41, 5.74) is 0. The molecule has 3 heteroatoms. The van der Waals surface area contributed by atoms with E-state index in [1.165, 1.54) is 44.3 Å². The van der Waals surface area contributed by atoms with Gasteiger partial charge in [0.2, 0.25) is 0 Å². The van der Waals surface area contributed by atoms with E-state index >= 15 is 0 Å². The van der Waals surface area contributed by atoms with Crippen molar-refractivity contribution in [1.82, 2.24) is 14.9 Å². The molecule has 0 aromatic carbocycles. The van der Waals surface area contributed by atoms with Crippen LogP contribution >= 0.6 is 0 Å². The van der Waals surface area contributed by atoms with Crippen molar-refractivity contribution < 1.29 is 0 Å². The van der Waals surface area contributed by atoms with Crippen LogP contribution < -0.4 is 5.32 Å². The molecule has 0 radical (unpaired) electrons. The normalized spacial score (nSPS) is 20.1. The molecule has 1 unspecified atom stereocenters. The number of hydrogen-bond acceptors (Lipinski definition) is 2. The van der Waals surface area contributed by atoms with Crippen molar-refractivity contribution in [2.24, 2.45) is 13.0 Å². The molecule has 0 bridgehead atoms. The van der Waals surface area contributed by atoms with Crippen molar-refractivity contribution in [3.05, 3.63) is 18.2 Å². The van der Waals surface area contributed by atoms with Crippen molar-refractivity contribution in [3.63, 3.8) is 0 Å². The minimum absolute atomic E-state index is 0.592. The van der Waals surface area contributed by atoms with Crippen molar-refractivity contribution in [2.75, 3.05) is 7.05 Å². The average molecular weight is 235 g/mol. The molecule has 1 N–H and O–H groups in total. The molecule has 1 aliphatic rings. The SMILES string of the molecule is CNC(Cc1nccn1C)C1CCCCCC1. The first kappa shape index (κ1) is 12.6. The van der Waals surface area contributed by atoms with Gasteiger partial charge in [0.05, 0.1) is 0 Å². The van der Waals surface area contributed by atoms with Gasteiger partial charge in [0.25, 0.3) is 0 Å². The number of hydrogen-bond donors (Lipinski definition) is 1. The summed E-state index contributed by atoms with van der Waals surface area (Å²) in [6.07, 6.45) is 13.4. The zero-order valence-corrected chi connectivity index (χ0v) is 11.2. The van der Waals surface area contributed by atoms with Crippen molar-refractivity contribution >= 4 is 0 Å². The highest BCUT2D eigenvalue weighted by atomic mass is 15.0. The summed E-state index contributed by atoms with van der Waals surface area (Å²) >= 11 is 0. The van der Waals surface area contributed by atoms with E-state index in [0.29, 0.717) is 6.04 Å². The predicted octanol–water partition coefficient (Wildman–Crippen LogP) is 2.52. The fraction of sp³-hybridized carbons (Fsp3) is 0.786. The first-order valence-corrected chi connectivity index (χ1v) is 6.94. The Morgan fingerprint density at radius 2 is 2.06 bits per heavy atom. The highest BCUT2D eigenvalue weighted by Gasteiger charge is 2.22. The number of nitrogens with zero attached hydrogens (tertiary/aromatic N) is 2. The summed E-state index contributed by atoms with van der Waals surface area (Å²) in [4.78, 5) is 4.44. The Morgan fingerprint density at radius 3 is 2.59 bits per heavy atom. The Kier molecular flexibility index (Phi) is 4.60. The summed E-state index contributed by atoms with van der Waals surface area (Å²) in [6.45, 7) is 0. The number of imidazole rings is 1. The van der Waals surface area contributed by atoms with Gasteiger partial charge in [-0.25, -0.2) is 4.98 Å². The molecule has 1 aromatic rings. The zero-order valence-electron chi connectivity index (χ0n) is 11.2. The topological polar surface area (TPSA) is 29.9 Å². The van der Waals surface area contributed by atoms with Gasteiger partial charge in [-0.2, -0.15) is 0 Å². The van der Waals surface area contributed by atoms with E-state index in [9.17, 15) is 0 Å². The summed E-state index contributed by atoms with van der Waals surface area (Å²) in [7, 11) is 4.18. The molecule has 1 fully saturated rings. The Bertz CT molecular complexity index is 324. The summed E-state index contributed by atoms with van der Waals surface area (Å²) in [6, 6.07) is 0.592. The van der Waals surface area contributed by atoms with Crippen molar-refractivity contribution in [3.8, 4) is 0 Å². The third-order valence-electron chi connectivity index (χ3n) is 4.16. The summed E-state index contributed by atoms with van der Waals surface area (Å²) < 4.78 is 2.14. The molecule has 96 valence electrons. The minimum atomic E-state index is 0.592. The standard InChI is InChI=1S/C14H25N3/c1-15-13(11-14-16-9-10-17(14)2)12-7-5-3-4-6-8-12/h9-10,12-13,15H,3-8,11H2,1-2H3. The summed E-state index contributed by atoms with van der Waals surface area (Å²) in [5.74, 6) is 2.03. The van der Waals surface area contributed by atoms with Crippen LogP contribution in [-0.2, 0) is 13.5 Å². The number of likely N-dealkylation sites (N-methyl/N-ethyl adjacent to an activating group) is 1. The van der Waals surface area contributed by atoms with Crippen LogP contribution in [0.25, 0.3) is 0 Å². The van der Waals surface area contributed by atoms with Crippen LogP contribution in [0.3, 0.4) is 0 Å². The molecule has 3 nitrogen and oxygen atoms in total. The molecule has 1 saturated carbocycles. The van der Waals surface area contributed by atoms with E-state index in [4.69, 9.17) is 0 Å². The first-order chi connectivity index (χ1) is 8.31. The lowest BCUT2D eigenvalue weighted by Gasteiger charge is -2.25. The van der Waals surface area contributed by atoms with Gasteiger partial charge in [0, 0.05) is 31.9 Å². The molecular weight excluding hydrogens is 210 g/mol. The fourth-order valence-electron chi connectivity index (χ4n) is 3.01. The number of nitrogens with one attached hydrogen (secondary N) is 1. The third-order valence-corrected chi connectivity index (χ3v) is 4.16. The molecule has 0 saturated heterocycles. The molecule has 2 rings (SSSR count). The lowest BCUT2D eigenvalue weighted by molar-refractivity contribution is 0.327. The van der Waals surface area contributed by atoms with E-state index in [1.54, 1.807) is 0 Å². The number of aromatic nitrogens is 2. The Labute approximate surface area is 105 Å². The minimum Gasteiger partial charge on any atom is -0.338 e. The Morgan fingerprint density at radius 1 is 1.35 bits per heavy atom. The van der Waals surface area contributed by atoms with Gasteiger partial charge in [-0.3, -0.25) is 0 Å². The van der Waals surface area contributed by atoms with Crippen molar-refractivity contribution in [1.29, 1.82) is 0 Å². The maximum Gasteiger partial charge on any atom is 0.109 e. The van der Waals surface area contributed by atoms with Crippen LogP contribution in [0.5, 0.6) is 0 Å². The van der Waals surface area contributed by atoms with E-state index in [1.807, 2.05) is 12.4 Å². The van der Waals surface area contributed by atoms with Gasteiger partial charge in [0.1, 0.15) is 5.82 Å². The highest BCUT2D eigenvalue weighted by Crippen LogP contribution is 2.26. The molecule has 0 aliphatic heterocycles. The van der Waals surface area contributed by atoms with E-state index in [0.717, 1.165) is 12.3 Å². The van der Waals surface area contributed by atoms with Gasteiger partial charge in [-0.05, 0) is 25.8 Å². The Hall–Kier alpha value is -0.830. The predicted molar refractivity (Wildman–Crippen MR) is 71.0 cm³/mol. The van der Waals surface area contributed by atoms with Crippen LogP contribution in [0.15, 0.2) is 12.4 Å². The highest BCUT2D eigenvalue weighted by molar-refractivity contribution is 4.96. The van der Waals surface area contributed by atoms with Crippen LogP contribution in [0, 0.1) is 5.92 Å². The second kappa shape index (κ2) is 6.20. The molecule has 0 spiro atoms. The second-order valence-corrected chi connectivity index (χ2v) is 5.31. The monoisotopic (exact) mass is 235 g/mol. The molecule has 17 heavy (non-hydrogen) atoms. The smallest absolute Gasteiger partial charge is 0.109 e. The molecule has 1 aliphatic carbocycles. The third kappa shape index (κ3) is 3.32. The molecular formula is C14H25N3. The second-order valence-electron chi connectivity index (χ2n) is 5.31. The van der Waals surface area contributed by atoms with Gasteiger partial charge in [0.15, 0.2) is 0 Å². The lowest BCUT2D eigenvalue weighted by Crippen LogP contribution is -2.36. The number of aryl methyl sites for hydroxylation is 1. The van der Waals surface area contributed by atoms with Gasteiger partial charge in [-0.15, -0.1) is 0 Å². The fourth-order valence-corrected chi connectivity index (χ4v) is 3.01. The van der Waals surface area contributed by atoms with E-state index in [-0.39, 0.29) is 0 Å². The quantitative estimate of drug-likeness (QED) is 0.813. The maximum absolute atomic E-state index is 4.44. The van der Waals surface area contributed by atoms with Crippen LogP contribution in [0.1, 0.15) is 44.3 Å². The van der Waals surface area contributed by atoms with Crippen LogP contribution in [-0.4, -0.2) is 22.6 Å². The Balaban J connectivity index is 1.97. The van der Waals surface area contributed by atoms with E-state index < -0.39 is 0 Å². The van der Waals surface area contributed by atoms with Gasteiger partial charge >= 0.3 is 0 Å².